The zero-order valence-corrected chi connectivity index (χ0v) is 16.0. The van der Waals surface area contributed by atoms with Crippen LogP contribution in [-0.4, -0.2) is 45.9 Å². The molecule has 1 heterocycles. The van der Waals surface area contributed by atoms with E-state index in [4.69, 9.17) is 16.3 Å². The van der Waals surface area contributed by atoms with Crippen LogP contribution in [0, 0.1) is 0 Å². The SMILES string of the molecule is CCOC(=O)C1CSC2(CCC(c3ccccc3)CC2)N1C(=O)CCl. The summed E-state index contributed by atoms with van der Waals surface area (Å²) in [5.41, 5.74) is 1.36. The van der Waals surface area contributed by atoms with Gasteiger partial charge < -0.3 is 9.64 Å². The van der Waals surface area contributed by atoms with Gasteiger partial charge in [0.2, 0.25) is 5.91 Å². The maximum absolute atomic E-state index is 12.5. The molecule has 6 heteroatoms. The predicted molar refractivity (Wildman–Crippen MR) is 101 cm³/mol. The lowest BCUT2D eigenvalue weighted by atomic mass is 9.80. The van der Waals surface area contributed by atoms with Crippen molar-refractivity contribution in [3.63, 3.8) is 0 Å². The van der Waals surface area contributed by atoms with Crippen LogP contribution in [0.1, 0.15) is 44.1 Å². The molecule has 1 amide bonds. The van der Waals surface area contributed by atoms with Gasteiger partial charge in [0, 0.05) is 5.75 Å². The van der Waals surface area contributed by atoms with E-state index >= 15 is 0 Å². The van der Waals surface area contributed by atoms with E-state index in [2.05, 4.69) is 24.3 Å². The van der Waals surface area contributed by atoms with Crippen molar-refractivity contribution in [3.05, 3.63) is 35.9 Å². The van der Waals surface area contributed by atoms with E-state index < -0.39 is 6.04 Å². The highest BCUT2D eigenvalue weighted by molar-refractivity contribution is 8.01. The van der Waals surface area contributed by atoms with Gasteiger partial charge in [-0.3, -0.25) is 4.79 Å². The van der Waals surface area contributed by atoms with Gasteiger partial charge in [0.05, 0.1) is 11.5 Å². The summed E-state index contributed by atoms with van der Waals surface area (Å²) < 4.78 is 5.19. The second-order valence-corrected chi connectivity index (χ2v) is 8.26. The Morgan fingerprint density at radius 2 is 1.96 bits per heavy atom. The van der Waals surface area contributed by atoms with E-state index in [0.717, 1.165) is 25.7 Å². The summed E-state index contributed by atoms with van der Waals surface area (Å²) in [6.45, 7) is 2.11. The minimum Gasteiger partial charge on any atom is -0.464 e. The summed E-state index contributed by atoms with van der Waals surface area (Å²) in [6.07, 6.45) is 3.79. The minimum absolute atomic E-state index is 0.0969. The van der Waals surface area contributed by atoms with Crippen molar-refractivity contribution in [3.8, 4) is 0 Å². The molecule has 0 aromatic heterocycles. The number of ether oxygens (including phenoxy) is 1. The molecule has 136 valence electrons. The fourth-order valence-corrected chi connectivity index (χ4v) is 5.83. The molecule has 1 aromatic carbocycles. The largest absolute Gasteiger partial charge is 0.464 e. The van der Waals surface area contributed by atoms with Gasteiger partial charge in [-0.1, -0.05) is 30.3 Å². The van der Waals surface area contributed by atoms with E-state index in [0.29, 0.717) is 18.3 Å². The number of thioether (sulfide) groups is 1. The second-order valence-electron chi connectivity index (χ2n) is 6.61. The number of carbonyl (C=O) groups is 2. The van der Waals surface area contributed by atoms with Crippen LogP contribution in [0.2, 0.25) is 0 Å². The molecule has 1 atom stereocenters. The molecule has 1 unspecified atom stereocenters. The average molecular weight is 382 g/mol. The molecule has 0 radical (unpaired) electrons. The molecule has 3 rings (SSSR count). The standard InChI is InChI=1S/C19H24ClNO3S/c1-2-24-18(23)16-13-25-19(21(16)17(22)12-20)10-8-15(9-11-19)14-6-4-3-5-7-14/h3-7,15-16H,2,8-13H2,1H3. The molecular weight excluding hydrogens is 358 g/mol. The molecule has 0 N–H and O–H groups in total. The highest BCUT2D eigenvalue weighted by Crippen LogP contribution is 2.52. The number of hydrogen-bond acceptors (Lipinski definition) is 4. The zero-order chi connectivity index (χ0) is 17.9. The Morgan fingerprint density at radius 3 is 2.56 bits per heavy atom. The van der Waals surface area contributed by atoms with Crippen LogP contribution in [0.25, 0.3) is 0 Å². The van der Waals surface area contributed by atoms with Crippen molar-refractivity contribution in [2.24, 2.45) is 0 Å². The number of amides is 1. The van der Waals surface area contributed by atoms with Gasteiger partial charge in [-0.05, 0) is 44.1 Å². The van der Waals surface area contributed by atoms with Gasteiger partial charge in [-0.15, -0.1) is 23.4 Å². The monoisotopic (exact) mass is 381 g/mol. The third-order valence-corrected chi connectivity index (χ3v) is 7.09. The Hall–Kier alpha value is -1.20. The second kappa shape index (κ2) is 8.00. The number of hydrogen-bond donors (Lipinski definition) is 0. The summed E-state index contributed by atoms with van der Waals surface area (Å²) in [5.74, 6) is 0.540. The minimum atomic E-state index is -0.510. The number of esters is 1. The smallest absolute Gasteiger partial charge is 0.329 e. The first-order valence-corrected chi connectivity index (χ1v) is 10.4. The molecule has 1 aromatic rings. The van der Waals surface area contributed by atoms with Crippen LogP contribution in [0.5, 0.6) is 0 Å². The summed E-state index contributed by atoms with van der Waals surface area (Å²) in [4.78, 5) is 26.3. The van der Waals surface area contributed by atoms with Gasteiger partial charge in [-0.2, -0.15) is 0 Å². The molecule has 4 nitrogen and oxygen atoms in total. The summed E-state index contributed by atoms with van der Waals surface area (Å²) in [5, 5.41) is 0. The quantitative estimate of drug-likeness (QED) is 0.588. The lowest BCUT2D eigenvalue weighted by Gasteiger charge is -2.44. The highest BCUT2D eigenvalue weighted by atomic mass is 35.5. The average Bonchev–Trinajstić information content (AvgIpc) is 3.01. The van der Waals surface area contributed by atoms with Crippen molar-refractivity contribution in [1.82, 2.24) is 4.90 Å². The molecule has 1 aliphatic heterocycles. The third kappa shape index (κ3) is 3.68. The molecule has 0 bridgehead atoms. The molecule has 1 saturated carbocycles. The van der Waals surface area contributed by atoms with Crippen LogP contribution >= 0.6 is 23.4 Å². The van der Waals surface area contributed by atoms with Crippen LogP contribution < -0.4 is 0 Å². The van der Waals surface area contributed by atoms with Crippen LogP contribution in [-0.2, 0) is 14.3 Å². The Balaban J connectivity index is 1.76. The van der Waals surface area contributed by atoms with E-state index in [-0.39, 0.29) is 22.6 Å². The molecule has 1 aliphatic carbocycles. The van der Waals surface area contributed by atoms with Crippen molar-refractivity contribution in [2.45, 2.75) is 49.4 Å². The zero-order valence-electron chi connectivity index (χ0n) is 14.4. The maximum atomic E-state index is 12.5. The van der Waals surface area contributed by atoms with E-state index in [1.807, 2.05) is 6.07 Å². The Kier molecular flexibility index (Phi) is 5.95. The lowest BCUT2D eigenvalue weighted by Crippen LogP contribution is -2.54. The van der Waals surface area contributed by atoms with Crippen molar-refractivity contribution in [1.29, 1.82) is 0 Å². The Labute approximate surface area is 158 Å². The van der Waals surface area contributed by atoms with E-state index in [1.165, 1.54) is 5.56 Å². The van der Waals surface area contributed by atoms with Gasteiger partial charge in [0.25, 0.3) is 0 Å². The number of alkyl halides is 1. The fourth-order valence-electron chi connectivity index (χ4n) is 4.05. The topological polar surface area (TPSA) is 46.6 Å². The first-order valence-electron chi connectivity index (χ1n) is 8.85. The Morgan fingerprint density at radius 1 is 1.28 bits per heavy atom. The number of rotatable bonds is 4. The normalized spacial score (nSPS) is 29.0. The Bertz CT molecular complexity index is 616. The predicted octanol–water partition coefficient (Wildman–Crippen LogP) is 3.79. The molecular formula is C19H24ClNO3S. The molecule has 2 fully saturated rings. The highest BCUT2D eigenvalue weighted by Gasteiger charge is 2.53. The molecule has 1 saturated heterocycles. The number of nitrogens with zero attached hydrogens (tertiary/aromatic N) is 1. The summed E-state index contributed by atoms with van der Waals surface area (Å²) >= 11 is 7.58. The fraction of sp³-hybridized carbons (Fsp3) is 0.579. The molecule has 25 heavy (non-hydrogen) atoms. The van der Waals surface area contributed by atoms with Crippen LogP contribution in [0.3, 0.4) is 0 Å². The number of carbonyl (C=O) groups excluding carboxylic acids is 2. The van der Waals surface area contributed by atoms with Gasteiger partial charge in [-0.25, -0.2) is 4.79 Å². The van der Waals surface area contributed by atoms with E-state index in [1.54, 1.807) is 23.6 Å². The first-order chi connectivity index (χ1) is 12.1. The first kappa shape index (κ1) is 18.6. The van der Waals surface area contributed by atoms with Gasteiger partial charge in [0.1, 0.15) is 11.9 Å². The number of benzene rings is 1. The van der Waals surface area contributed by atoms with E-state index in [9.17, 15) is 9.59 Å². The summed E-state index contributed by atoms with van der Waals surface area (Å²) in [7, 11) is 0. The van der Waals surface area contributed by atoms with Crippen molar-refractivity contribution >= 4 is 35.2 Å². The van der Waals surface area contributed by atoms with Crippen LogP contribution in [0.15, 0.2) is 30.3 Å². The van der Waals surface area contributed by atoms with Crippen molar-refractivity contribution < 1.29 is 14.3 Å². The molecule has 2 aliphatic rings. The molecule has 1 spiro atoms. The van der Waals surface area contributed by atoms with Crippen LogP contribution in [0.4, 0.5) is 0 Å². The summed E-state index contributed by atoms with van der Waals surface area (Å²) in [6, 6.07) is 10.0. The number of halogens is 1. The third-order valence-electron chi connectivity index (χ3n) is 5.24. The van der Waals surface area contributed by atoms with Crippen molar-refractivity contribution in [2.75, 3.05) is 18.2 Å². The lowest BCUT2D eigenvalue weighted by molar-refractivity contribution is -0.155. The van der Waals surface area contributed by atoms with Gasteiger partial charge >= 0.3 is 5.97 Å². The van der Waals surface area contributed by atoms with Gasteiger partial charge in [0.15, 0.2) is 0 Å². The maximum Gasteiger partial charge on any atom is 0.329 e.